The maximum atomic E-state index is 9.32. The van der Waals surface area contributed by atoms with Crippen LogP contribution in [-0.4, -0.2) is 24.9 Å². The van der Waals surface area contributed by atoms with Crippen LogP contribution in [0.3, 0.4) is 0 Å². The molecule has 0 aliphatic heterocycles. The molecule has 16 heavy (non-hydrogen) atoms. The zero-order valence-electron chi connectivity index (χ0n) is 9.65. The monoisotopic (exact) mass is 221 g/mol. The molecule has 0 bridgehead atoms. The van der Waals surface area contributed by atoms with Gasteiger partial charge in [0.15, 0.2) is 0 Å². The highest BCUT2D eigenvalue weighted by molar-refractivity contribution is 5.35. The lowest BCUT2D eigenvalue weighted by atomic mass is 10.00. The molecule has 1 aliphatic rings. The van der Waals surface area contributed by atoms with E-state index in [2.05, 4.69) is 12.1 Å². The molecule has 2 atom stereocenters. The summed E-state index contributed by atoms with van der Waals surface area (Å²) in [5.74, 6) is 1.31. The zero-order valence-corrected chi connectivity index (χ0v) is 9.65. The first-order valence-corrected chi connectivity index (χ1v) is 5.79. The van der Waals surface area contributed by atoms with Crippen molar-refractivity contribution in [3.8, 4) is 5.75 Å². The third kappa shape index (κ3) is 1.93. The second-order valence-corrected chi connectivity index (χ2v) is 4.48. The number of hydrogen-bond acceptors (Lipinski definition) is 3. The lowest BCUT2D eigenvalue weighted by molar-refractivity contribution is 0.211. The van der Waals surface area contributed by atoms with E-state index < -0.39 is 0 Å². The Morgan fingerprint density at radius 2 is 2.12 bits per heavy atom. The molecule has 1 aromatic rings. The predicted molar refractivity (Wildman–Crippen MR) is 63.5 cm³/mol. The first-order valence-electron chi connectivity index (χ1n) is 5.79. The molecule has 0 radical (unpaired) electrons. The first-order chi connectivity index (χ1) is 7.75. The highest BCUT2D eigenvalue weighted by Crippen LogP contribution is 2.58. The quantitative estimate of drug-likeness (QED) is 0.792. The molecule has 1 fully saturated rings. The molecule has 0 heterocycles. The predicted octanol–water partition coefficient (Wildman–Crippen LogP) is 1.51. The number of nitrogens with two attached hydrogens (primary N) is 1. The van der Waals surface area contributed by atoms with Gasteiger partial charge in [0.25, 0.3) is 0 Å². The van der Waals surface area contributed by atoms with E-state index in [4.69, 9.17) is 10.5 Å². The molecule has 1 aliphatic carbocycles. The minimum atomic E-state index is -0.0624. The van der Waals surface area contributed by atoms with Crippen molar-refractivity contribution in [1.82, 2.24) is 0 Å². The van der Waals surface area contributed by atoms with Gasteiger partial charge in [-0.25, -0.2) is 0 Å². The largest absolute Gasteiger partial charge is 0.494 e. The van der Waals surface area contributed by atoms with Crippen LogP contribution in [0.5, 0.6) is 5.75 Å². The molecule has 3 N–H and O–H groups in total. The molecule has 1 saturated carbocycles. The third-order valence-corrected chi connectivity index (χ3v) is 3.50. The Balaban J connectivity index is 2.07. The van der Waals surface area contributed by atoms with Gasteiger partial charge in [0, 0.05) is 12.0 Å². The van der Waals surface area contributed by atoms with E-state index in [0.29, 0.717) is 19.1 Å². The van der Waals surface area contributed by atoms with Crippen molar-refractivity contribution < 1.29 is 9.84 Å². The minimum Gasteiger partial charge on any atom is -0.494 e. The molecule has 3 heteroatoms. The summed E-state index contributed by atoms with van der Waals surface area (Å²) in [6.45, 7) is 3.40. The Labute approximate surface area is 96.2 Å². The van der Waals surface area contributed by atoms with Crippen LogP contribution in [0, 0.1) is 5.41 Å². The fourth-order valence-electron chi connectivity index (χ4n) is 2.25. The highest BCUT2D eigenvalue weighted by Gasteiger charge is 2.53. The Bertz CT molecular complexity index is 343. The van der Waals surface area contributed by atoms with Gasteiger partial charge in [-0.1, -0.05) is 12.1 Å². The van der Waals surface area contributed by atoms with Crippen LogP contribution in [0.4, 0.5) is 0 Å². The molecule has 0 unspecified atom stereocenters. The SMILES string of the molecule is CCOc1ccc([C@@H]2C[C@@]2(CN)CO)cc1. The lowest BCUT2D eigenvalue weighted by Crippen LogP contribution is -2.21. The Hall–Kier alpha value is -1.06. The summed E-state index contributed by atoms with van der Waals surface area (Å²) in [4.78, 5) is 0. The van der Waals surface area contributed by atoms with Crippen molar-refractivity contribution in [2.45, 2.75) is 19.3 Å². The summed E-state index contributed by atoms with van der Waals surface area (Å²) < 4.78 is 5.39. The summed E-state index contributed by atoms with van der Waals surface area (Å²) >= 11 is 0. The number of aliphatic hydroxyl groups excluding tert-OH is 1. The summed E-state index contributed by atoms with van der Waals surface area (Å²) in [7, 11) is 0. The van der Waals surface area contributed by atoms with Crippen molar-refractivity contribution in [2.75, 3.05) is 19.8 Å². The third-order valence-electron chi connectivity index (χ3n) is 3.50. The molecule has 0 spiro atoms. The molecule has 2 rings (SSSR count). The van der Waals surface area contributed by atoms with E-state index in [1.54, 1.807) is 0 Å². The van der Waals surface area contributed by atoms with Gasteiger partial charge in [-0.15, -0.1) is 0 Å². The van der Waals surface area contributed by atoms with Crippen LogP contribution in [0.25, 0.3) is 0 Å². The molecule has 0 aromatic heterocycles. The van der Waals surface area contributed by atoms with Crippen molar-refractivity contribution in [1.29, 1.82) is 0 Å². The second-order valence-electron chi connectivity index (χ2n) is 4.48. The standard InChI is InChI=1S/C13H19NO2/c1-2-16-11-5-3-10(4-6-11)12-7-13(12,8-14)9-15/h3-6,12,15H,2,7-9,14H2,1H3/t12-,13+/m0/s1. The Morgan fingerprint density at radius 3 is 2.56 bits per heavy atom. The second kappa shape index (κ2) is 4.44. The normalized spacial score (nSPS) is 27.8. The highest BCUT2D eigenvalue weighted by atomic mass is 16.5. The summed E-state index contributed by atoms with van der Waals surface area (Å²) in [6, 6.07) is 8.11. The topological polar surface area (TPSA) is 55.5 Å². The van der Waals surface area contributed by atoms with E-state index >= 15 is 0 Å². The molecular formula is C13H19NO2. The van der Waals surface area contributed by atoms with Crippen molar-refractivity contribution >= 4 is 0 Å². The average Bonchev–Trinajstić information content (AvgIpc) is 3.06. The van der Waals surface area contributed by atoms with Crippen LogP contribution >= 0.6 is 0 Å². The van der Waals surface area contributed by atoms with Gasteiger partial charge in [0.2, 0.25) is 0 Å². The van der Waals surface area contributed by atoms with Gasteiger partial charge in [-0.2, -0.15) is 0 Å². The molecule has 1 aromatic carbocycles. The van der Waals surface area contributed by atoms with Crippen molar-refractivity contribution in [3.05, 3.63) is 29.8 Å². The van der Waals surface area contributed by atoms with Crippen LogP contribution in [-0.2, 0) is 0 Å². The fraction of sp³-hybridized carbons (Fsp3) is 0.538. The maximum Gasteiger partial charge on any atom is 0.119 e. The van der Waals surface area contributed by atoms with E-state index in [1.807, 2.05) is 19.1 Å². The van der Waals surface area contributed by atoms with E-state index in [1.165, 1.54) is 5.56 Å². The van der Waals surface area contributed by atoms with Crippen LogP contribution in [0.15, 0.2) is 24.3 Å². The van der Waals surface area contributed by atoms with E-state index in [0.717, 1.165) is 12.2 Å². The van der Waals surface area contributed by atoms with Gasteiger partial charge >= 0.3 is 0 Å². The van der Waals surface area contributed by atoms with Crippen molar-refractivity contribution in [3.63, 3.8) is 0 Å². The smallest absolute Gasteiger partial charge is 0.119 e. The number of benzene rings is 1. The number of hydrogen-bond donors (Lipinski definition) is 2. The zero-order chi connectivity index (χ0) is 11.6. The molecular weight excluding hydrogens is 202 g/mol. The van der Waals surface area contributed by atoms with Gasteiger partial charge in [0.05, 0.1) is 13.2 Å². The van der Waals surface area contributed by atoms with Crippen molar-refractivity contribution in [2.24, 2.45) is 11.1 Å². The average molecular weight is 221 g/mol. The maximum absolute atomic E-state index is 9.32. The Morgan fingerprint density at radius 1 is 1.44 bits per heavy atom. The molecule has 0 saturated heterocycles. The van der Waals surface area contributed by atoms with Crippen LogP contribution in [0.2, 0.25) is 0 Å². The molecule has 88 valence electrons. The summed E-state index contributed by atoms with van der Waals surface area (Å²) in [5.41, 5.74) is 6.89. The minimum absolute atomic E-state index is 0.0624. The lowest BCUT2D eigenvalue weighted by Gasteiger charge is -2.11. The van der Waals surface area contributed by atoms with E-state index in [9.17, 15) is 5.11 Å². The fourth-order valence-corrected chi connectivity index (χ4v) is 2.25. The van der Waals surface area contributed by atoms with Crippen LogP contribution in [0.1, 0.15) is 24.8 Å². The van der Waals surface area contributed by atoms with E-state index in [-0.39, 0.29) is 12.0 Å². The van der Waals surface area contributed by atoms with Gasteiger partial charge in [0.1, 0.15) is 5.75 Å². The van der Waals surface area contributed by atoms with Gasteiger partial charge < -0.3 is 15.6 Å². The number of aliphatic hydroxyl groups is 1. The van der Waals surface area contributed by atoms with Gasteiger partial charge in [-0.05, 0) is 37.0 Å². The molecule has 0 amide bonds. The number of ether oxygens (including phenoxy) is 1. The number of rotatable bonds is 5. The molecule has 3 nitrogen and oxygen atoms in total. The van der Waals surface area contributed by atoms with Crippen LogP contribution < -0.4 is 10.5 Å². The summed E-state index contributed by atoms with van der Waals surface area (Å²) in [6.07, 6.45) is 0.994. The van der Waals surface area contributed by atoms with Gasteiger partial charge in [-0.3, -0.25) is 0 Å². The summed E-state index contributed by atoms with van der Waals surface area (Å²) in [5, 5.41) is 9.32. The first kappa shape index (κ1) is 11.4. The Kier molecular flexibility index (Phi) is 3.17.